The molecular formula is C9H19NO3. The molecule has 1 unspecified atom stereocenters. The molecule has 0 radical (unpaired) electrons. The van der Waals surface area contributed by atoms with Gasteiger partial charge in [0.15, 0.2) is 0 Å². The van der Waals surface area contributed by atoms with Crippen LogP contribution in [-0.4, -0.2) is 49.3 Å². The molecule has 0 aliphatic rings. The highest BCUT2D eigenvalue weighted by molar-refractivity contribution is 5.66. The predicted molar refractivity (Wildman–Crippen MR) is 50.8 cm³/mol. The van der Waals surface area contributed by atoms with Crippen LogP contribution in [0.2, 0.25) is 0 Å². The fraction of sp³-hybridized carbons (Fsp3) is 0.889. The molecule has 13 heavy (non-hydrogen) atoms. The highest BCUT2D eigenvalue weighted by Gasteiger charge is 2.09. The zero-order chi connectivity index (χ0) is 10.3. The van der Waals surface area contributed by atoms with Gasteiger partial charge in [-0.1, -0.05) is 0 Å². The molecule has 0 amide bonds. The Hall–Kier alpha value is -0.610. The average molecular weight is 189 g/mol. The summed E-state index contributed by atoms with van der Waals surface area (Å²) in [6.45, 7) is 3.39. The lowest BCUT2D eigenvalue weighted by molar-refractivity contribution is -0.137. The van der Waals surface area contributed by atoms with Crippen LogP contribution in [0.5, 0.6) is 0 Å². The van der Waals surface area contributed by atoms with E-state index in [1.54, 1.807) is 7.11 Å². The Morgan fingerprint density at radius 2 is 2.23 bits per heavy atom. The number of rotatable bonds is 7. The summed E-state index contributed by atoms with van der Waals surface area (Å²) in [7, 11) is 3.60. The van der Waals surface area contributed by atoms with Crippen molar-refractivity contribution in [3.05, 3.63) is 0 Å². The minimum Gasteiger partial charge on any atom is -0.481 e. The van der Waals surface area contributed by atoms with Crippen LogP contribution in [0, 0.1) is 0 Å². The Bertz CT molecular complexity index is 150. The van der Waals surface area contributed by atoms with Crippen molar-refractivity contribution in [3.63, 3.8) is 0 Å². The Morgan fingerprint density at radius 3 is 2.69 bits per heavy atom. The molecular weight excluding hydrogens is 170 g/mol. The van der Waals surface area contributed by atoms with Crippen LogP contribution < -0.4 is 0 Å². The minimum absolute atomic E-state index is 0.202. The Kier molecular flexibility index (Phi) is 6.54. The largest absolute Gasteiger partial charge is 0.481 e. The first-order valence-corrected chi connectivity index (χ1v) is 4.49. The summed E-state index contributed by atoms with van der Waals surface area (Å²) < 4.78 is 4.95. The first-order chi connectivity index (χ1) is 6.07. The molecule has 0 saturated carbocycles. The second kappa shape index (κ2) is 6.86. The molecule has 1 N–H and O–H groups in total. The van der Waals surface area contributed by atoms with E-state index in [0.29, 0.717) is 12.6 Å². The molecule has 0 fully saturated rings. The van der Waals surface area contributed by atoms with E-state index in [9.17, 15) is 4.79 Å². The number of nitrogens with zero attached hydrogens (tertiary/aromatic N) is 1. The summed E-state index contributed by atoms with van der Waals surface area (Å²) in [5.74, 6) is -0.745. The van der Waals surface area contributed by atoms with Crippen LogP contribution in [0.3, 0.4) is 0 Å². The van der Waals surface area contributed by atoms with Crippen LogP contribution in [0.15, 0.2) is 0 Å². The van der Waals surface area contributed by atoms with Crippen molar-refractivity contribution in [3.8, 4) is 0 Å². The van der Waals surface area contributed by atoms with Gasteiger partial charge in [0, 0.05) is 26.3 Å². The number of carboxylic acid groups (broad SMARTS) is 1. The van der Waals surface area contributed by atoms with Crippen LogP contribution in [0.25, 0.3) is 0 Å². The van der Waals surface area contributed by atoms with Gasteiger partial charge < -0.3 is 14.7 Å². The lowest BCUT2D eigenvalue weighted by atomic mass is 10.2. The van der Waals surface area contributed by atoms with Crippen molar-refractivity contribution in [2.75, 3.05) is 27.3 Å². The van der Waals surface area contributed by atoms with Crippen molar-refractivity contribution in [2.24, 2.45) is 0 Å². The smallest absolute Gasteiger partial charge is 0.304 e. The van der Waals surface area contributed by atoms with E-state index in [1.165, 1.54) is 0 Å². The van der Waals surface area contributed by atoms with E-state index in [1.807, 2.05) is 11.9 Å². The summed E-state index contributed by atoms with van der Waals surface area (Å²) in [5.41, 5.74) is 0. The van der Waals surface area contributed by atoms with Gasteiger partial charge in [-0.15, -0.1) is 0 Å². The molecule has 4 heteroatoms. The molecule has 0 spiro atoms. The number of hydrogen-bond acceptors (Lipinski definition) is 3. The summed E-state index contributed by atoms with van der Waals surface area (Å²) in [6.07, 6.45) is 1.14. The fourth-order valence-corrected chi connectivity index (χ4v) is 1.00. The molecule has 0 aliphatic carbocycles. The number of methoxy groups -OCH3 is 1. The standard InChI is InChI=1S/C9H19NO3/c1-8(5-7-13-3)10(2)6-4-9(11)12/h8H,4-7H2,1-3H3,(H,11,12). The van der Waals surface area contributed by atoms with Crippen LogP contribution >= 0.6 is 0 Å². The number of carbonyl (C=O) groups is 1. The van der Waals surface area contributed by atoms with Crippen molar-refractivity contribution in [1.82, 2.24) is 4.90 Å². The van der Waals surface area contributed by atoms with Gasteiger partial charge in [-0.25, -0.2) is 0 Å². The topological polar surface area (TPSA) is 49.8 Å². The zero-order valence-electron chi connectivity index (χ0n) is 8.62. The number of ether oxygens (including phenoxy) is 1. The van der Waals surface area contributed by atoms with Crippen molar-refractivity contribution < 1.29 is 14.6 Å². The van der Waals surface area contributed by atoms with Gasteiger partial charge in [-0.3, -0.25) is 4.79 Å². The fourth-order valence-electron chi connectivity index (χ4n) is 1.00. The van der Waals surface area contributed by atoms with Crippen molar-refractivity contribution in [2.45, 2.75) is 25.8 Å². The monoisotopic (exact) mass is 189 g/mol. The van der Waals surface area contributed by atoms with Gasteiger partial charge in [-0.2, -0.15) is 0 Å². The quantitative estimate of drug-likeness (QED) is 0.644. The van der Waals surface area contributed by atoms with Gasteiger partial charge in [-0.05, 0) is 20.4 Å². The molecule has 0 aliphatic heterocycles. The van der Waals surface area contributed by atoms with Crippen LogP contribution in [0.4, 0.5) is 0 Å². The van der Waals surface area contributed by atoms with Crippen molar-refractivity contribution >= 4 is 5.97 Å². The van der Waals surface area contributed by atoms with Gasteiger partial charge in [0.05, 0.1) is 6.42 Å². The van der Waals surface area contributed by atoms with Gasteiger partial charge in [0.2, 0.25) is 0 Å². The lowest BCUT2D eigenvalue weighted by Crippen LogP contribution is -2.31. The third-order valence-electron chi connectivity index (χ3n) is 2.17. The SMILES string of the molecule is COCCC(C)N(C)CCC(=O)O. The molecule has 0 aromatic rings. The molecule has 0 aromatic heterocycles. The normalized spacial score (nSPS) is 13.2. The first kappa shape index (κ1) is 12.4. The summed E-state index contributed by atoms with van der Waals surface area (Å²) >= 11 is 0. The molecule has 1 atom stereocenters. The lowest BCUT2D eigenvalue weighted by Gasteiger charge is -2.23. The second-order valence-electron chi connectivity index (χ2n) is 3.25. The Labute approximate surface area is 79.5 Å². The molecule has 4 nitrogen and oxygen atoms in total. The molecule has 0 heterocycles. The van der Waals surface area contributed by atoms with Crippen molar-refractivity contribution in [1.29, 1.82) is 0 Å². The molecule has 0 rings (SSSR count). The van der Waals surface area contributed by atoms with Crippen LogP contribution in [0.1, 0.15) is 19.8 Å². The Balaban J connectivity index is 3.56. The molecule has 78 valence electrons. The van der Waals surface area contributed by atoms with E-state index in [0.717, 1.165) is 13.0 Å². The van der Waals surface area contributed by atoms with Gasteiger partial charge in [0.25, 0.3) is 0 Å². The number of aliphatic carboxylic acids is 1. The van der Waals surface area contributed by atoms with E-state index < -0.39 is 5.97 Å². The predicted octanol–water partition coefficient (Wildman–Crippen LogP) is 0.818. The first-order valence-electron chi connectivity index (χ1n) is 4.49. The van der Waals surface area contributed by atoms with E-state index in [4.69, 9.17) is 9.84 Å². The summed E-state index contributed by atoms with van der Waals surface area (Å²) in [6, 6.07) is 0.374. The highest BCUT2D eigenvalue weighted by atomic mass is 16.5. The second-order valence-corrected chi connectivity index (χ2v) is 3.25. The highest BCUT2D eigenvalue weighted by Crippen LogP contribution is 2.01. The van der Waals surface area contributed by atoms with E-state index >= 15 is 0 Å². The molecule has 0 aromatic carbocycles. The minimum atomic E-state index is -0.745. The summed E-state index contributed by atoms with van der Waals surface area (Å²) in [4.78, 5) is 12.3. The number of carboxylic acids is 1. The van der Waals surface area contributed by atoms with Gasteiger partial charge in [0.1, 0.15) is 0 Å². The van der Waals surface area contributed by atoms with Crippen LogP contribution in [-0.2, 0) is 9.53 Å². The maximum absolute atomic E-state index is 10.3. The maximum Gasteiger partial charge on any atom is 0.304 e. The van der Waals surface area contributed by atoms with E-state index in [-0.39, 0.29) is 6.42 Å². The molecule has 0 bridgehead atoms. The average Bonchev–Trinajstić information content (AvgIpc) is 2.10. The number of hydrogen-bond donors (Lipinski definition) is 1. The van der Waals surface area contributed by atoms with E-state index in [2.05, 4.69) is 6.92 Å². The third kappa shape index (κ3) is 6.54. The molecule has 0 saturated heterocycles. The summed E-state index contributed by atoms with van der Waals surface area (Å²) in [5, 5.41) is 8.47. The third-order valence-corrected chi connectivity index (χ3v) is 2.17. The maximum atomic E-state index is 10.3. The van der Waals surface area contributed by atoms with Gasteiger partial charge >= 0.3 is 5.97 Å². The Morgan fingerprint density at radius 1 is 1.62 bits per heavy atom. The zero-order valence-corrected chi connectivity index (χ0v) is 8.62.